The third-order valence-electron chi connectivity index (χ3n) is 18.1. The first-order valence-corrected chi connectivity index (χ1v) is 22.4. The highest BCUT2D eigenvalue weighted by atomic mass is 16.5. The zero-order valence-corrected chi connectivity index (χ0v) is 37.5. The van der Waals surface area contributed by atoms with Gasteiger partial charge in [-0.1, -0.05) is 67.9 Å². The number of aromatic nitrogens is 2. The number of allylic oxidation sites excluding steroid dienone is 2. The summed E-state index contributed by atoms with van der Waals surface area (Å²) in [4.78, 5) is 74.5. The van der Waals surface area contributed by atoms with Gasteiger partial charge in [0.15, 0.2) is 5.78 Å². The second-order valence-corrected chi connectivity index (χ2v) is 22.6. The van der Waals surface area contributed by atoms with E-state index in [0.717, 1.165) is 56.9 Å². The van der Waals surface area contributed by atoms with Crippen molar-refractivity contribution in [2.45, 2.75) is 158 Å². The molecule has 1 heterocycles. The van der Waals surface area contributed by atoms with Crippen molar-refractivity contribution in [3.63, 3.8) is 0 Å². The molecule has 0 radical (unpaired) electrons. The topological polar surface area (TPSA) is 165 Å². The van der Waals surface area contributed by atoms with Crippen LogP contribution in [0.2, 0.25) is 0 Å². The van der Waals surface area contributed by atoms with E-state index in [1.54, 1.807) is 6.07 Å². The van der Waals surface area contributed by atoms with Gasteiger partial charge in [-0.15, -0.1) is 0 Å². The molecule has 10 atom stereocenters. The molecule has 0 saturated heterocycles. The van der Waals surface area contributed by atoms with Crippen LogP contribution in [0.4, 0.5) is 0 Å². The number of fused-ring (bicyclic) bond motifs is 7. The average molecular weight is 815 g/mol. The molecule has 11 nitrogen and oxygen atoms in total. The van der Waals surface area contributed by atoms with E-state index in [-0.39, 0.29) is 76.0 Å². The Hall–Kier alpha value is -3.63. The van der Waals surface area contributed by atoms with Gasteiger partial charge in [0.1, 0.15) is 6.10 Å². The zero-order valence-electron chi connectivity index (χ0n) is 37.5. The van der Waals surface area contributed by atoms with Gasteiger partial charge in [-0.25, -0.2) is 9.97 Å². The molecule has 3 N–H and O–H groups in total. The number of nitrogens with zero attached hydrogens (tertiary/aromatic N) is 2. The number of esters is 1. The quantitative estimate of drug-likeness (QED) is 0.198. The molecule has 5 saturated carbocycles. The summed E-state index contributed by atoms with van der Waals surface area (Å²) < 4.78 is 6.41. The van der Waals surface area contributed by atoms with Gasteiger partial charge in [-0.2, -0.15) is 0 Å². The van der Waals surface area contributed by atoms with E-state index in [2.05, 4.69) is 69.1 Å². The van der Waals surface area contributed by atoms with E-state index in [0.29, 0.717) is 24.7 Å². The Morgan fingerprint density at radius 1 is 0.864 bits per heavy atom. The Kier molecular flexibility index (Phi) is 10.7. The lowest BCUT2D eigenvalue weighted by Crippen LogP contribution is -2.66. The van der Waals surface area contributed by atoms with Crippen LogP contribution in [0, 0.1) is 68.0 Å². The van der Waals surface area contributed by atoms with Gasteiger partial charge < -0.3 is 20.5 Å². The third-order valence-corrected chi connectivity index (χ3v) is 18.1. The fraction of sp³-hybridized carbons (Fsp3) is 0.771. The summed E-state index contributed by atoms with van der Waals surface area (Å²) in [6.45, 7) is 24.1. The van der Waals surface area contributed by atoms with E-state index < -0.39 is 40.1 Å². The normalized spacial score (nSPS) is 38.2. The van der Waals surface area contributed by atoms with Crippen LogP contribution in [0.15, 0.2) is 29.6 Å². The molecule has 6 aliphatic rings. The lowest BCUT2D eigenvalue weighted by Gasteiger charge is -2.72. The fourth-order valence-electron chi connectivity index (χ4n) is 14.6. The number of carbonyl (C=O) groups excluding carboxylic acids is 4. The Bertz CT molecular complexity index is 1940. The van der Waals surface area contributed by atoms with Crippen molar-refractivity contribution in [3.05, 3.63) is 35.4 Å². The van der Waals surface area contributed by atoms with Crippen molar-refractivity contribution in [3.8, 4) is 0 Å². The maximum atomic E-state index is 14.1. The van der Waals surface area contributed by atoms with E-state index in [9.17, 15) is 29.1 Å². The number of ketones is 1. The van der Waals surface area contributed by atoms with Gasteiger partial charge in [0.2, 0.25) is 11.7 Å². The van der Waals surface area contributed by atoms with Crippen LogP contribution < -0.4 is 10.6 Å². The number of rotatable bonds is 10. The van der Waals surface area contributed by atoms with Crippen molar-refractivity contribution in [1.29, 1.82) is 0 Å². The predicted molar refractivity (Wildman–Crippen MR) is 224 cm³/mol. The molecule has 324 valence electrons. The second-order valence-electron chi connectivity index (χ2n) is 22.6. The lowest BCUT2D eigenvalue weighted by atomic mass is 9.33. The molecule has 11 heteroatoms. The van der Waals surface area contributed by atoms with Crippen LogP contribution in [0.3, 0.4) is 0 Å². The zero-order chi connectivity index (χ0) is 43.3. The highest BCUT2D eigenvalue weighted by Crippen LogP contribution is 2.77. The van der Waals surface area contributed by atoms with Crippen LogP contribution >= 0.6 is 0 Å². The Labute approximate surface area is 351 Å². The fourth-order valence-corrected chi connectivity index (χ4v) is 14.6. The summed E-state index contributed by atoms with van der Waals surface area (Å²) in [5.74, 6) is -1.14. The number of ether oxygens (including phenoxy) is 1. The molecule has 0 bridgehead atoms. The largest absolute Gasteiger partial charge is 0.481 e. The molecule has 0 aliphatic heterocycles. The van der Waals surface area contributed by atoms with Crippen LogP contribution in [-0.4, -0.2) is 62.8 Å². The number of aliphatic carboxylic acids is 1. The highest BCUT2D eigenvalue weighted by Gasteiger charge is 2.70. The number of hydrogen-bond acceptors (Lipinski definition) is 8. The second kappa shape index (κ2) is 14.5. The number of nitrogens with one attached hydrogen (secondary N) is 2. The monoisotopic (exact) mass is 815 g/mol. The minimum Gasteiger partial charge on any atom is -0.481 e. The Morgan fingerprint density at radius 3 is 2.17 bits per heavy atom. The minimum atomic E-state index is -0.842. The van der Waals surface area contributed by atoms with Gasteiger partial charge in [0.25, 0.3) is 5.91 Å². The Balaban J connectivity index is 1.09. The summed E-state index contributed by atoms with van der Waals surface area (Å²) in [7, 11) is 0. The number of carboxylic acid groups (broad SMARTS) is 1. The molecule has 6 aliphatic carbocycles. The molecule has 1 aromatic heterocycles. The maximum Gasteiger partial charge on any atom is 0.309 e. The van der Waals surface area contributed by atoms with Crippen molar-refractivity contribution >= 4 is 29.5 Å². The van der Waals surface area contributed by atoms with Crippen LogP contribution in [0.5, 0.6) is 0 Å². The van der Waals surface area contributed by atoms with Crippen molar-refractivity contribution < 1.29 is 33.8 Å². The average Bonchev–Trinajstić information content (AvgIpc) is 3.43. The first kappa shape index (κ1) is 43.5. The SMILES string of the molecule is CC(C)C1=C2[C@H]3CC[C@@H]4[C@@]5(C)CC[C@H](OC(=O)[C@H]6C[C@@H](C(=O)O)C6(C)C)C(C)(C)[C@@H]5CC[C@@]4(C)[C@]3(C)CC[C@@]2(CC(=O)NCC(C)(C)NC(=O)c2ncccn2)CC1=O. The molecule has 7 rings (SSSR count). The number of carbonyl (C=O) groups is 5. The van der Waals surface area contributed by atoms with Gasteiger partial charge >= 0.3 is 11.9 Å². The summed E-state index contributed by atoms with van der Waals surface area (Å²) in [6.07, 6.45) is 11.5. The van der Waals surface area contributed by atoms with Gasteiger partial charge in [0.05, 0.1) is 17.4 Å². The minimum absolute atomic E-state index is 0.0163. The Morgan fingerprint density at radius 2 is 1.54 bits per heavy atom. The van der Waals surface area contributed by atoms with Gasteiger partial charge in [-0.05, 0) is 129 Å². The first-order chi connectivity index (χ1) is 27.3. The number of Topliss-reactive ketones (excluding diaryl/α,β-unsaturated/α-hetero) is 1. The van der Waals surface area contributed by atoms with Gasteiger partial charge in [-0.3, -0.25) is 24.0 Å². The first-order valence-electron chi connectivity index (χ1n) is 22.4. The molecule has 0 aromatic carbocycles. The molecule has 2 amide bonds. The van der Waals surface area contributed by atoms with Crippen LogP contribution in [0.1, 0.15) is 157 Å². The molecule has 0 spiro atoms. The third kappa shape index (κ3) is 6.77. The van der Waals surface area contributed by atoms with Crippen LogP contribution in [0.25, 0.3) is 0 Å². The molecular weight excluding hydrogens is 745 g/mol. The predicted octanol–water partition coefficient (Wildman–Crippen LogP) is 8.13. The van der Waals surface area contributed by atoms with E-state index >= 15 is 0 Å². The summed E-state index contributed by atoms with van der Waals surface area (Å²) in [5.41, 5.74) is 0.101. The lowest BCUT2D eigenvalue weighted by molar-refractivity contribution is -0.236. The van der Waals surface area contributed by atoms with E-state index in [4.69, 9.17) is 4.74 Å². The highest BCUT2D eigenvalue weighted by molar-refractivity contribution is 6.01. The molecular formula is C48H70N4O7. The molecule has 0 unspecified atom stereocenters. The van der Waals surface area contributed by atoms with Crippen molar-refractivity contribution in [2.75, 3.05) is 6.54 Å². The molecule has 1 aromatic rings. The molecule has 5 fully saturated rings. The maximum absolute atomic E-state index is 14.1. The number of amides is 2. The van der Waals surface area contributed by atoms with E-state index in [1.165, 1.54) is 18.0 Å². The number of carboxylic acids is 1. The van der Waals surface area contributed by atoms with Gasteiger partial charge in [0, 0.05) is 42.6 Å². The smallest absolute Gasteiger partial charge is 0.309 e. The summed E-state index contributed by atoms with van der Waals surface area (Å²) in [5, 5.41) is 15.8. The number of hydrogen-bond donors (Lipinski definition) is 3. The van der Waals surface area contributed by atoms with Crippen LogP contribution in [-0.2, 0) is 23.9 Å². The van der Waals surface area contributed by atoms with E-state index in [1.807, 2.05) is 27.7 Å². The van der Waals surface area contributed by atoms with Crippen molar-refractivity contribution in [2.24, 2.45) is 68.0 Å². The molecule has 59 heavy (non-hydrogen) atoms. The summed E-state index contributed by atoms with van der Waals surface area (Å²) >= 11 is 0. The summed E-state index contributed by atoms with van der Waals surface area (Å²) in [6, 6.07) is 1.65. The standard InChI is InChI=1S/C48H70N4O7/c1-27(2)36-31(53)24-48(25-35(54)51-26-42(3,4)52-39(55)38-49-21-12-22-50-38)20-19-46(10)28(37(36)48)13-14-33-45(9)17-16-34(44(7,8)32(45)15-18-47(33,46)11)59-41(58)30-23-29(40(56)57)43(30,5)6/h12,21-22,27-30,32-34H,13-20,23-26H2,1-11H3,(H,51,54)(H,52,55)(H,56,57)/t28-,29+,30-,32+,33-,34+,45+,46-,47-,48+/m1/s1. The van der Waals surface area contributed by atoms with Crippen molar-refractivity contribution in [1.82, 2.24) is 20.6 Å².